The Morgan fingerprint density at radius 2 is 2.05 bits per heavy atom. The van der Waals surface area contributed by atoms with E-state index >= 15 is 0 Å². The number of benzene rings is 1. The number of halogens is 1. The van der Waals surface area contributed by atoms with Gasteiger partial charge in [0.25, 0.3) is 0 Å². The highest BCUT2D eigenvalue weighted by Crippen LogP contribution is 2.15. The van der Waals surface area contributed by atoms with Crippen LogP contribution in [0.2, 0.25) is 0 Å². The fourth-order valence-corrected chi connectivity index (χ4v) is 2.76. The van der Waals surface area contributed by atoms with Gasteiger partial charge in [-0.1, -0.05) is 19.4 Å². The standard InChI is InChI=1S/C13H20ClN3O3S/c1-2-3-8-16-21(19,20)12-6-4-5-11(10-12)17-13(18)15-9-7-14/h4-6,10,16H,2-3,7-9H2,1H3,(H2,15,17,18). The van der Waals surface area contributed by atoms with E-state index in [-0.39, 0.29) is 4.90 Å². The van der Waals surface area contributed by atoms with Gasteiger partial charge in [0.05, 0.1) is 4.90 Å². The molecule has 0 bridgehead atoms. The largest absolute Gasteiger partial charge is 0.337 e. The molecular formula is C13H20ClN3O3S. The summed E-state index contributed by atoms with van der Waals surface area (Å²) in [6.07, 6.45) is 1.68. The molecule has 1 aromatic rings. The van der Waals surface area contributed by atoms with Gasteiger partial charge in [-0.05, 0) is 24.6 Å². The molecule has 118 valence electrons. The molecule has 1 rings (SSSR count). The monoisotopic (exact) mass is 333 g/mol. The van der Waals surface area contributed by atoms with Gasteiger partial charge in [-0.2, -0.15) is 0 Å². The van der Waals surface area contributed by atoms with Crippen LogP contribution in [-0.4, -0.2) is 33.4 Å². The lowest BCUT2D eigenvalue weighted by Gasteiger charge is -2.09. The van der Waals surface area contributed by atoms with Crippen molar-refractivity contribution in [3.8, 4) is 0 Å². The molecule has 21 heavy (non-hydrogen) atoms. The van der Waals surface area contributed by atoms with E-state index in [2.05, 4.69) is 15.4 Å². The highest BCUT2D eigenvalue weighted by molar-refractivity contribution is 7.89. The second kappa shape index (κ2) is 8.86. The van der Waals surface area contributed by atoms with Crippen molar-refractivity contribution in [1.82, 2.24) is 10.0 Å². The van der Waals surface area contributed by atoms with Gasteiger partial charge in [-0.3, -0.25) is 0 Å². The molecule has 0 saturated carbocycles. The number of hydrogen-bond acceptors (Lipinski definition) is 3. The molecule has 1 aromatic carbocycles. The van der Waals surface area contributed by atoms with Gasteiger partial charge in [0.2, 0.25) is 10.0 Å². The van der Waals surface area contributed by atoms with Crippen LogP contribution in [0.5, 0.6) is 0 Å². The molecule has 0 aromatic heterocycles. The van der Waals surface area contributed by atoms with Crippen LogP contribution in [0.4, 0.5) is 10.5 Å². The first-order chi connectivity index (χ1) is 9.99. The highest BCUT2D eigenvalue weighted by atomic mass is 35.5. The molecule has 0 spiro atoms. The zero-order valence-corrected chi connectivity index (χ0v) is 13.4. The van der Waals surface area contributed by atoms with Crippen LogP contribution < -0.4 is 15.4 Å². The number of urea groups is 1. The lowest BCUT2D eigenvalue weighted by Crippen LogP contribution is -2.30. The summed E-state index contributed by atoms with van der Waals surface area (Å²) in [6, 6.07) is 5.66. The Morgan fingerprint density at radius 3 is 2.71 bits per heavy atom. The average Bonchev–Trinajstić information content (AvgIpc) is 2.45. The zero-order chi connectivity index (χ0) is 15.7. The summed E-state index contributed by atoms with van der Waals surface area (Å²) in [5.74, 6) is 0.309. The van der Waals surface area contributed by atoms with Gasteiger partial charge >= 0.3 is 6.03 Å². The molecular weight excluding hydrogens is 314 g/mol. The third-order valence-corrected chi connectivity index (χ3v) is 4.25. The molecule has 0 saturated heterocycles. The Hall–Kier alpha value is -1.31. The van der Waals surface area contributed by atoms with E-state index in [0.29, 0.717) is 24.7 Å². The molecule has 0 heterocycles. The van der Waals surface area contributed by atoms with E-state index in [1.807, 2.05) is 6.92 Å². The SMILES string of the molecule is CCCCNS(=O)(=O)c1cccc(NC(=O)NCCCl)c1. The van der Waals surface area contributed by atoms with Crippen LogP contribution in [0.3, 0.4) is 0 Å². The van der Waals surface area contributed by atoms with Crippen LogP contribution in [0.1, 0.15) is 19.8 Å². The third kappa shape index (κ3) is 6.33. The van der Waals surface area contributed by atoms with Crippen molar-refractivity contribution in [2.75, 3.05) is 24.3 Å². The minimum Gasteiger partial charge on any atom is -0.337 e. The molecule has 0 unspecified atom stereocenters. The Labute approximate surface area is 130 Å². The van der Waals surface area contributed by atoms with Crippen LogP contribution >= 0.6 is 11.6 Å². The van der Waals surface area contributed by atoms with Crippen molar-refractivity contribution in [2.45, 2.75) is 24.7 Å². The van der Waals surface area contributed by atoms with E-state index < -0.39 is 16.1 Å². The normalized spacial score (nSPS) is 11.1. The number of sulfonamides is 1. The Kier molecular flexibility index (Phi) is 7.49. The zero-order valence-electron chi connectivity index (χ0n) is 11.9. The van der Waals surface area contributed by atoms with E-state index in [1.54, 1.807) is 12.1 Å². The average molecular weight is 334 g/mol. The van der Waals surface area contributed by atoms with Gasteiger partial charge in [0.15, 0.2) is 0 Å². The third-order valence-electron chi connectivity index (χ3n) is 2.60. The van der Waals surface area contributed by atoms with Gasteiger partial charge in [-0.25, -0.2) is 17.9 Å². The Morgan fingerprint density at radius 1 is 1.29 bits per heavy atom. The van der Waals surface area contributed by atoms with Crippen LogP contribution in [0, 0.1) is 0 Å². The van der Waals surface area contributed by atoms with Crippen molar-refractivity contribution in [3.63, 3.8) is 0 Å². The molecule has 0 aliphatic rings. The number of amides is 2. The first-order valence-corrected chi connectivity index (χ1v) is 8.72. The molecule has 2 amide bonds. The maximum atomic E-state index is 12.1. The predicted octanol–water partition coefficient (Wildman–Crippen LogP) is 2.13. The van der Waals surface area contributed by atoms with E-state index in [4.69, 9.17) is 11.6 Å². The first-order valence-electron chi connectivity index (χ1n) is 6.70. The second-order valence-electron chi connectivity index (χ2n) is 4.35. The lowest BCUT2D eigenvalue weighted by molar-refractivity contribution is 0.252. The van der Waals surface area contributed by atoms with Crippen molar-refractivity contribution in [1.29, 1.82) is 0 Å². The topological polar surface area (TPSA) is 87.3 Å². The molecule has 0 atom stereocenters. The van der Waals surface area contributed by atoms with Crippen LogP contribution in [0.25, 0.3) is 0 Å². The maximum absolute atomic E-state index is 12.1. The van der Waals surface area contributed by atoms with Gasteiger partial charge in [-0.15, -0.1) is 11.6 Å². The van der Waals surface area contributed by atoms with E-state index in [0.717, 1.165) is 12.8 Å². The number of rotatable bonds is 8. The molecule has 0 aliphatic carbocycles. The molecule has 3 N–H and O–H groups in total. The summed E-state index contributed by atoms with van der Waals surface area (Å²) in [7, 11) is -3.55. The maximum Gasteiger partial charge on any atom is 0.319 e. The number of nitrogens with one attached hydrogen (secondary N) is 3. The Bertz CT molecular complexity index is 564. The highest BCUT2D eigenvalue weighted by Gasteiger charge is 2.14. The number of hydrogen-bond donors (Lipinski definition) is 3. The summed E-state index contributed by atoms with van der Waals surface area (Å²) in [5.41, 5.74) is 0.403. The number of carbonyl (C=O) groups is 1. The molecule has 8 heteroatoms. The van der Waals surface area contributed by atoms with E-state index in [1.165, 1.54) is 12.1 Å². The Balaban J connectivity index is 2.73. The lowest BCUT2D eigenvalue weighted by atomic mass is 10.3. The van der Waals surface area contributed by atoms with Gasteiger partial charge in [0, 0.05) is 24.7 Å². The number of alkyl halides is 1. The number of anilines is 1. The number of carbonyl (C=O) groups excluding carboxylic acids is 1. The minimum atomic E-state index is -3.55. The van der Waals surface area contributed by atoms with E-state index in [9.17, 15) is 13.2 Å². The van der Waals surface area contributed by atoms with Crippen molar-refractivity contribution in [3.05, 3.63) is 24.3 Å². The second-order valence-corrected chi connectivity index (χ2v) is 6.49. The predicted molar refractivity (Wildman–Crippen MR) is 84.3 cm³/mol. The van der Waals surface area contributed by atoms with Crippen molar-refractivity contribution < 1.29 is 13.2 Å². The summed E-state index contributed by atoms with van der Waals surface area (Å²) in [4.78, 5) is 11.6. The smallest absolute Gasteiger partial charge is 0.319 e. The molecule has 6 nitrogen and oxygen atoms in total. The summed E-state index contributed by atoms with van der Waals surface area (Å²) in [6.45, 7) is 2.72. The quantitative estimate of drug-likeness (QED) is 0.503. The van der Waals surface area contributed by atoms with Gasteiger partial charge in [0.1, 0.15) is 0 Å². The van der Waals surface area contributed by atoms with Crippen molar-refractivity contribution >= 4 is 33.3 Å². The first kappa shape index (κ1) is 17.7. The fraction of sp³-hybridized carbons (Fsp3) is 0.462. The van der Waals surface area contributed by atoms with Crippen LogP contribution in [-0.2, 0) is 10.0 Å². The summed E-state index contributed by atoms with van der Waals surface area (Å²) in [5, 5.41) is 5.09. The summed E-state index contributed by atoms with van der Waals surface area (Å²) < 4.78 is 26.6. The van der Waals surface area contributed by atoms with Gasteiger partial charge < -0.3 is 10.6 Å². The summed E-state index contributed by atoms with van der Waals surface area (Å²) >= 11 is 5.46. The van der Waals surface area contributed by atoms with Crippen molar-refractivity contribution in [2.24, 2.45) is 0 Å². The van der Waals surface area contributed by atoms with Crippen LogP contribution in [0.15, 0.2) is 29.2 Å². The minimum absolute atomic E-state index is 0.119. The molecule has 0 fully saturated rings. The molecule has 0 radical (unpaired) electrons. The molecule has 0 aliphatic heterocycles. The number of unbranched alkanes of at least 4 members (excludes halogenated alkanes) is 1. The fourth-order valence-electron chi connectivity index (χ4n) is 1.54.